The average Bonchev–Trinajstić information content (AvgIpc) is 2.76. The van der Waals surface area contributed by atoms with Crippen LogP contribution in [0.2, 0.25) is 10.2 Å². The van der Waals surface area contributed by atoms with Crippen LogP contribution in [-0.2, 0) is 0 Å². The summed E-state index contributed by atoms with van der Waals surface area (Å²) in [6.07, 6.45) is 1.50. The van der Waals surface area contributed by atoms with Crippen LogP contribution in [0.5, 0.6) is 0 Å². The van der Waals surface area contributed by atoms with Crippen molar-refractivity contribution in [3.05, 3.63) is 58.3 Å². The molecule has 0 atom stereocenters. The maximum absolute atomic E-state index is 11.1. The Balaban J connectivity index is 2.27. The molecule has 0 saturated heterocycles. The third kappa shape index (κ3) is 2.13. The molecule has 0 saturated carbocycles. The van der Waals surface area contributed by atoms with Gasteiger partial charge in [-0.2, -0.15) is 0 Å². The quantitative estimate of drug-likeness (QED) is 0.778. The van der Waals surface area contributed by atoms with Gasteiger partial charge in [0.05, 0.1) is 11.1 Å². The summed E-state index contributed by atoms with van der Waals surface area (Å²) >= 11 is 11.9. The van der Waals surface area contributed by atoms with Gasteiger partial charge in [-0.05, 0) is 36.4 Å². The average molecular weight is 307 g/mol. The third-order valence-corrected chi connectivity index (χ3v) is 3.47. The van der Waals surface area contributed by atoms with E-state index in [1.807, 2.05) is 0 Å². The molecule has 0 bridgehead atoms. The Hall–Kier alpha value is -2.04. The Morgan fingerprint density at radius 1 is 1.10 bits per heavy atom. The largest absolute Gasteiger partial charge is 0.478 e. The van der Waals surface area contributed by atoms with Gasteiger partial charge in [0.2, 0.25) is 0 Å². The van der Waals surface area contributed by atoms with Crippen LogP contribution in [0.4, 0.5) is 0 Å². The summed E-state index contributed by atoms with van der Waals surface area (Å²) in [5.41, 5.74) is 1.63. The number of hydrogen-bond donors (Lipinski definition) is 1. The van der Waals surface area contributed by atoms with E-state index in [1.54, 1.807) is 34.7 Å². The van der Waals surface area contributed by atoms with Crippen molar-refractivity contribution in [2.45, 2.75) is 0 Å². The molecule has 0 aliphatic carbocycles. The van der Waals surface area contributed by atoms with Crippen molar-refractivity contribution in [3.8, 4) is 11.4 Å². The molecule has 0 aliphatic rings. The van der Waals surface area contributed by atoms with Gasteiger partial charge in [0.15, 0.2) is 5.15 Å². The van der Waals surface area contributed by atoms with Crippen LogP contribution < -0.4 is 0 Å². The zero-order valence-corrected chi connectivity index (χ0v) is 11.6. The number of fused-ring (bicyclic) bond motifs is 1. The van der Waals surface area contributed by atoms with E-state index in [9.17, 15) is 4.79 Å². The number of carbonyl (C=O) groups is 1. The second-order valence-corrected chi connectivity index (χ2v) is 5.01. The number of halogens is 2. The molecule has 2 heterocycles. The molecule has 1 N–H and O–H groups in total. The summed E-state index contributed by atoms with van der Waals surface area (Å²) in [5.74, 6) is -0.427. The van der Waals surface area contributed by atoms with Crippen LogP contribution in [0.25, 0.3) is 16.9 Å². The van der Waals surface area contributed by atoms with E-state index in [0.717, 1.165) is 5.56 Å². The fourth-order valence-corrected chi connectivity index (χ4v) is 2.34. The summed E-state index contributed by atoms with van der Waals surface area (Å²) in [4.78, 5) is 15.3. The van der Waals surface area contributed by atoms with Crippen LogP contribution in [0, 0.1) is 0 Å². The van der Waals surface area contributed by atoms with Gasteiger partial charge in [-0.25, -0.2) is 9.78 Å². The monoisotopic (exact) mass is 306 g/mol. The topological polar surface area (TPSA) is 54.6 Å². The van der Waals surface area contributed by atoms with Crippen LogP contribution in [-0.4, -0.2) is 20.5 Å². The maximum atomic E-state index is 11.1. The van der Waals surface area contributed by atoms with E-state index in [4.69, 9.17) is 28.3 Å². The Labute approximate surface area is 124 Å². The van der Waals surface area contributed by atoms with Gasteiger partial charge in [-0.15, -0.1) is 0 Å². The van der Waals surface area contributed by atoms with Gasteiger partial charge in [-0.3, -0.25) is 4.40 Å². The summed E-state index contributed by atoms with van der Waals surface area (Å²) in [6, 6.07) is 10.2. The SMILES string of the molecule is O=C(O)c1ccc2c(Cl)nc(-c3ccc(Cl)cc3)n2c1. The lowest BCUT2D eigenvalue weighted by Crippen LogP contribution is -1.99. The fourth-order valence-electron chi connectivity index (χ4n) is 1.98. The van der Waals surface area contributed by atoms with Crippen molar-refractivity contribution in [1.82, 2.24) is 9.38 Å². The summed E-state index contributed by atoms with van der Waals surface area (Å²) in [5, 5.41) is 10.0. The molecule has 0 amide bonds. The first-order valence-electron chi connectivity index (χ1n) is 5.73. The van der Waals surface area contributed by atoms with Crippen molar-refractivity contribution in [2.75, 3.05) is 0 Å². The molecule has 6 heteroatoms. The van der Waals surface area contributed by atoms with E-state index in [2.05, 4.69) is 4.98 Å². The molecule has 3 rings (SSSR count). The molecule has 0 aliphatic heterocycles. The second kappa shape index (κ2) is 4.81. The zero-order chi connectivity index (χ0) is 14.3. The lowest BCUT2D eigenvalue weighted by molar-refractivity contribution is 0.0696. The fraction of sp³-hybridized carbons (Fsp3) is 0. The number of aromatic nitrogens is 2. The molecular formula is C14H8Cl2N2O2. The number of carboxylic acid groups (broad SMARTS) is 1. The molecule has 0 radical (unpaired) electrons. The smallest absolute Gasteiger partial charge is 0.337 e. The summed E-state index contributed by atoms with van der Waals surface area (Å²) in [7, 11) is 0. The molecule has 4 nitrogen and oxygen atoms in total. The molecule has 0 spiro atoms. The highest BCUT2D eigenvalue weighted by Crippen LogP contribution is 2.27. The van der Waals surface area contributed by atoms with Crippen molar-refractivity contribution in [3.63, 3.8) is 0 Å². The molecule has 2 aromatic heterocycles. The Kier molecular flexibility index (Phi) is 3.12. The predicted molar refractivity (Wildman–Crippen MR) is 77.6 cm³/mol. The van der Waals surface area contributed by atoms with Gasteiger partial charge in [0, 0.05) is 16.8 Å². The third-order valence-electron chi connectivity index (χ3n) is 2.94. The molecule has 0 unspecified atom stereocenters. The van der Waals surface area contributed by atoms with Crippen LogP contribution >= 0.6 is 23.2 Å². The first kappa shape index (κ1) is 13.0. The van der Waals surface area contributed by atoms with Crippen LogP contribution in [0.1, 0.15) is 10.4 Å². The Morgan fingerprint density at radius 2 is 1.80 bits per heavy atom. The number of hydrogen-bond acceptors (Lipinski definition) is 2. The standard InChI is InChI=1S/C14H8Cl2N2O2/c15-10-4-1-8(2-5-10)13-17-12(16)11-6-3-9(14(19)20)7-18(11)13/h1-7H,(H,19,20). The highest BCUT2D eigenvalue weighted by atomic mass is 35.5. The number of pyridine rings is 1. The number of imidazole rings is 1. The van der Waals surface area contributed by atoms with Gasteiger partial charge in [0.1, 0.15) is 5.82 Å². The van der Waals surface area contributed by atoms with Crippen molar-refractivity contribution in [2.24, 2.45) is 0 Å². The van der Waals surface area contributed by atoms with Crippen molar-refractivity contribution in [1.29, 1.82) is 0 Å². The van der Waals surface area contributed by atoms with Crippen LogP contribution in [0.3, 0.4) is 0 Å². The number of rotatable bonds is 2. The van der Waals surface area contributed by atoms with E-state index in [0.29, 0.717) is 21.5 Å². The molecule has 1 aromatic carbocycles. The highest BCUT2D eigenvalue weighted by molar-refractivity contribution is 6.33. The first-order valence-corrected chi connectivity index (χ1v) is 6.48. The molecule has 100 valence electrons. The summed E-state index contributed by atoms with van der Waals surface area (Å²) < 4.78 is 1.66. The predicted octanol–water partition coefficient (Wildman–Crippen LogP) is 4.01. The maximum Gasteiger partial charge on any atom is 0.337 e. The van der Waals surface area contributed by atoms with Crippen LogP contribution in [0.15, 0.2) is 42.6 Å². The van der Waals surface area contributed by atoms with E-state index in [1.165, 1.54) is 12.3 Å². The Bertz CT molecular complexity index is 810. The van der Waals surface area contributed by atoms with Crippen molar-refractivity contribution >= 4 is 34.7 Å². The van der Waals surface area contributed by atoms with Gasteiger partial charge in [-0.1, -0.05) is 23.2 Å². The van der Waals surface area contributed by atoms with Gasteiger partial charge < -0.3 is 5.11 Å². The van der Waals surface area contributed by atoms with Gasteiger partial charge in [0.25, 0.3) is 0 Å². The lowest BCUT2D eigenvalue weighted by Gasteiger charge is -2.03. The number of carboxylic acids is 1. The number of aromatic carboxylic acids is 1. The molecule has 20 heavy (non-hydrogen) atoms. The zero-order valence-electron chi connectivity index (χ0n) is 10.0. The van der Waals surface area contributed by atoms with E-state index >= 15 is 0 Å². The minimum absolute atomic E-state index is 0.168. The summed E-state index contributed by atoms with van der Waals surface area (Å²) in [6.45, 7) is 0. The minimum Gasteiger partial charge on any atom is -0.478 e. The van der Waals surface area contributed by atoms with E-state index < -0.39 is 5.97 Å². The van der Waals surface area contributed by atoms with E-state index in [-0.39, 0.29) is 5.56 Å². The molecule has 3 aromatic rings. The van der Waals surface area contributed by atoms with Crippen molar-refractivity contribution < 1.29 is 9.90 Å². The van der Waals surface area contributed by atoms with Gasteiger partial charge >= 0.3 is 5.97 Å². The Morgan fingerprint density at radius 3 is 2.45 bits per heavy atom. The number of benzene rings is 1. The highest BCUT2D eigenvalue weighted by Gasteiger charge is 2.13. The second-order valence-electron chi connectivity index (χ2n) is 4.21. The number of nitrogens with zero attached hydrogens (tertiary/aromatic N) is 2. The molecular weight excluding hydrogens is 299 g/mol. The first-order chi connectivity index (χ1) is 9.56. The lowest BCUT2D eigenvalue weighted by atomic mass is 10.2. The molecule has 0 fully saturated rings. The normalized spacial score (nSPS) is 10.9. The minimum atomic E-state index is -1.00.